The SMILES string of the molecule is CNCC(Cc1ccc(Br)s1)CC(C)C. The molecule has 0 radical (unpaired) electrons. The van der Waals surface area contributed by atoms with Crippen molar-refractivity contribution < 1.29 is 0 Å². The lowest BCUT2D eigenvalue weighted by molar-refractivity contribution is 0.397. The van der Waals surface area contributed by atoms with Gasteiger partial charge in [0, 0.05) is 4.88 Å². The molecule has 1 aromatic rings. The van der Waals surface area contributed by atoms with Crippen molar-refractivity contribution in [1.82, 2.24) is 5.32 Å². The third kappa shape index (κ3) is 5.14. The van der Waals surface area contributed by atoms with Gasteiger partial charge in [-0.1, -0.05) is 13.8 Å². The average Bonchev–Trinajstić information content (AvgIpc) is 2.50. The largest absolute Gasteiger partial charge is 0.319 e. The Morgan fingerprint density at radius 1 is 1.40 bits per heavy atom. The van der Waals surface area contributed by atoms with Gasteiger partial charge in [0.15, 0.2) is 0 Å². The predicted octanol–water partition coefficient (Wildman–Crippen LogP) is 3.93. The van der Waals surface area contributed by atoms with E-state index in [-0.39, 0.29) is 0 Å². The molecule has 0 bridgehead atoms. The first-order valence-electron chi connectivity index (χ1n) is 5.50. The van der Waals surface area contributed by atoms with Crippen LogP contribution in [0.3, 0.4) is 0 Å². The maximum absolute atomic E-state index is 3.51. The Hall–Kier alpha value is 0.140. The van der Waals surface area contributed by atoms with E-state index in [1.54, 1.807) is 0 Å². The molecule has 0 fully saturated rings. The highest BCUT2D eigenvalue weighted by Crippen LogP contribution is 2.26. The van der Waals surface area contributed by atoms with E-state index in [0.29, 0.717) is 0 Å². The van der Waals surface area contributed by atoms with Crippen LogP contribution >= 0.6 is 27.3 Å². The van der Waals surface area contributed by atoms with Crippen molar-refractivity contribution in [2.75, 3.05) is 13.6 Å². The van der Waals surface area contributed by atoms with Gasteiger partial charge in [-0.05, 0) is 66.3 Å². The lowest BCUT2D eigenvalue weighted by Gasteiger charge is -2.17. The van der Waals surface area contributed by atoms with E-state index in [9.17, 15) is 0 Å². The molecule has 0 amide bonds. The Balaban J connectivity index is 2.50. The number of thiophene rings is 1. The van der Waals surface area contributed by atoms with Crippen molar-refractivity contribution in [1.29, 1.82) is 0 Å². The molecular formula is C12H20BrNS. The molecule has 0 saturated carbocycles. The highest BCUT2D eigenvalue weighted by molar-refractivity contribution is 9.11. The number of hydrogen-bond acceptors (Lipinski definition) is 2. The van der Waals surface area contributed by atoms with E-state index in [1.165, 1.54) is 21.5 Å². The first kappa shape index (κ1) is 13.2. The first-order valence-corrected chi connectivity index (χ1v) is 7.11. The molecule has 0 aliphatic rings. The minimum atomic E-state index is 0.764. The van der Waals surface area contributed by atoms with E-state index >= 15 is 0 Å². The van der Waals surface area contributed by atoms with Crippen LogP contribution in [0.25, 0.3) is 0 Å². The van der Waals surface area contributed by atoms with Gasteiger partial charge in [-0.15, -0.1) is 11.3 Å². The molecule has 15 heavy (non-hydrogen) atoms. The fraction of sp³-hybridized carbons (Fsp3) is 0.667. The summed E-state index contributed by atoms with van der Waals surface area (Å²) < 4.78 is 1.24. The molecule has 0 aliphatic carbocycles. The minimum Gasteiger partial charge on any atom is -0.319 e. The van der Waals surface area contributed by atoms with Gasteiger partial charge in [0.05, 0.1) is 3.79 Å². The molecule has 0 saturated heterocycles. The number of rotatable bonds is 6. The van der Waals surface area contributed by atoms with E-state index in [2.05, 4.69) is 47.2 Å². The molecule has 3 heteroatoms. The summed E-state index contributed by atoms with van der Waals surface area (Å²) in [6, 6.07) is 4.38. The molecule has 86 valence electrons. The van der Waals surface area contributed by atoms with Gasteiger partial charge >= 0.3 is 0 Å². The summed E-state index contributed by atoms with van der Waals surface area (Å²) in [7, 11) is 2.04. The topological polar surface area (TPSA) is 12.0 Å². The molecule has 1 atom stereocenters. The third-order valence-corrected chi connectivity index (χ3v) is 4.06. The standard InChI is InChI=1S/C12H20BrNS/c1-9(2)6-10(8-14-3)7-11-4-5-12(13)15-11/h4-5,9-10,14H,6-8H2,1-3H3. The van der Waals surface area contributed by atoms with Crippen LogP contribution in [-0.2, 0) is 6.42 Å². The van der Waals surface area contributed by atoms with Crippen LogP contribution < -0.4 is 5.32 Å². The van der Waals surface area contributed by atoms with Crippen molar-refractivity contribution in [3.63, 3.8) is 0 Å². The molecule has 0 spiro atoms. The smallest absolute Gasteiger partial charge is 0.0701 e. The zero-order valence-electron chi connectivity index (χ0n) is 9.72. The molecule has 0 aromatic carbocycles. The van der Waals surface area contributed by atoms with Crippen LogP contribution in [0, 0.1) is 11.8 Å². The summed E-state index contributed by atoms with van der Waals surface area (Å²) >= 11 is 5.37. The zero-order valence-corrected chi connectivity index (χ0v) is 12.1. The van der Waals surface area contributed by atoms with Gasteiger partial charge in [-0.25, -0.2) is 0 Å². The van der Waals surface area contributed by atoms with Gasteiger partial charge in [0.25, 0.3) is 0 Å². The molecular weight excluding hydrogens is 270 g/mol. The summed E-state index contributed by atoms with van der Waals surface area (Å²) in [6.45, 7) is 5.72. The summed E-state index contributed by atoms with van der Waals surface area (Å²) in [6.07, 6.45) is 2.51. The summed E-state index contributed by atoms with van der Waals surface area (Å²) in [5.74, 6) is 1.55. The second-order valence-corrected chi connectivity index (χ2v) is 7.01. The van der Waals surface area contributed by atoms with E-state index < -0.39 is 0 Å². The van der Waals surface area contributed by atoms with Crippen LogP contribution in [0.1, 0.15) is 25.1 Å². The Kier molecular flexibility index (Phi) is 5.87. The first-order chi connectivity index (χ1) is 7.11. The van der Waals surface area contributed by atoms with Crippen molar-refractivity contribution in [3.8, 4) is 0 Å². The van der Waals surface area contributed by atoms with Crippen LogP contribution in [0.2, 0.25) is 0 Å². The molecule has 1 unspecified atom stereocenters. The molecule has 1 rings (SSSR count). The Bertz CT molecular complexity index is 283. The number of nitrogens with one attached hydrogen (secondary N) is 1. The average molecular weight is 290 g/mol. The van der Waals surface area contributed by atoms with Gasteiger partial charge in [-0.3, -0.25) is 0 Å². The van der Waals surface area contributed by atoms with E-state index in [0.717, 1.165) is 18.4 Å². The second-order valence-electron chi connectivity index (χ2n) is 4.46. The van der Waals surface area contributed by atoms with Crippen molar-refractivity contribution in [3.05, 3.63) is 20.8 Å². The Morgan fingerprint density at radius 3 is 2.60 bits per heavy atom. The van der Waals surface area contributed by atoms with E-state index in [1.807, 2.05) is 18.4 Å². The van der Waals surface area contributed by atoms with Gasteiger partial charge < -0.3 is 5.32 Å². The van der Waals surface area contributed by atoms with Crippen LogP contribution in [0.4, 0.5) is 0 Å². The highest BCUT2D eigenvalue weighted by Gasteiger charge is 2.12. The molecule has 1 nitrogen and oxygen atoms in total. The molecule has 1 heterocycles. The van der Waals surface area contributed by atoms with Crippen LogP contribution in [-0.4, -0.2) is 13.6 Å². The Labute approximate surface area is 105 Å². The summed E-state index contributed by atoms with van der Waals surface area (Å²) in [5, 5.41) is 3.29. The highest BCUT2D eigenvalue weighted by atomic mass is 79.9. The third-order valence-electron chi connectivity index (χ3n) is 2.42. The normalized spacial score (nSPS) is 13.4. The fourth-order valence-electron chi connectivity index (χ4n) is 1.94. The lowest BCUT2D eigenvalue weighted by atomic mass is 9.93. The predicted molar refractivity (Wildman–Crippen MR) is 72.6 cm³/mol. The van der Waals surface area contributed by atoms with Crippen LogP contribution in [0.15, 0.2) is 15.9 Å². The molecule has 0 aliphatic heterocycles. The van der Waals surface area contributed by atoms with Crippen LogP contribution in [0.5, 0.6) is 0 Å². The zero-order chi connectivity index (χ0) is 11.3. The van der Waals surface area contributed by atoms with E-state index in [4.69, 9.17) is 0 Å². The summed E-state index contributed by atoms with van der Waals surface area (Å²) in [4.78, 5) is 1.49. The maximum Gasteiger partial charge on any atom is 0.0701 e. The van der Waals surface area contributed by atoms with Crippen molar-refractivity contribution >= 4 is 27.3 Å². The van der Waals surface area contributed by atoms with Gasteiger partial charge in [-0.2, -0.15) is 0 Å². The fourth-order valence-corrected chi connectivity index (χ4v) is 3.54. The quantitative estimate of drug-likeness (QED) is 0.837. The van der Waals surface area contributed by atoms with Gasteiger partial charge in [0.1, 0.15) is 0 Å². The molecule has 1 aromatic heterocycles. The monoisotopic (exact) mass is 289 g/mol. The second kappa shape index (κ2) is 6.66. The summed E-state index contributed by atoms with van der Waals surface area (Å²) in [5.41, 5.74) is 0. The number of hydrogen-bond donors (Lipinski definition) is 1. The van der Waals surface area contributed by atoms with Gasteiger partial charge in [0.2, 0.25) is 0 Å². The lowest BCUT2D eigenvalue weighted by Crippen LogP contribution is -2.21. The Morgan fingerprint density at radius 2 is 2.13 bits per heavy atom. The molecule has 1 N–H and O–H groups in total. The van der Waals surface area contributed by atoms with Crippen molar-refractivity contribution in [2.24, 2.45) is 11.8 Å². The maximum atomic E-state index is 3.51. The number of halogens is 1. The minimum absolute atomic E-state index is 0.764. The van der Waals surface area contributed by atoms with Crippen molar-refractivity contribution in [2.45, 2.75) is 26.7 Å².